The lowest BCUT2D eigenvalue weighted by atomic mass is 10.2. The fourth-order valence-corrected chi connectivity index (χ4v) is 3.77. The van der Waals surface area contributed by atoms with Crippen molar-refractivity contribution in [2.24, 2.45) is 0 Å². The standard InChI is InChI=1S/C22H19N3O4S/c1-3-11-28-17-9-7-16(8-10-17)20-23-22-25(24-20)21(27)19(30-22)13-15-5-4-6-18(12-15)29-14(2)26/h4-10,12-13H,3,11H2,1-2H3/b19-13+. The van der Waals surface area contributed by atoms with Crippen molar-refractivity contribution < 1.29 is 14.3 Å². The molecule has 0 unspecified atom stereocenters. The molecule has 4 aromatic rings. The Kier molecular flexibility index (Phi) is 5.58. The number of thiazole rings is 1. The van der Waals surface area contributed by atoms with Crippen molar-refractivity contribution in [1.82, 2.24) is 14.6 Å². The van der Waals surface area contributed by atoms with E-state index in [1.807, 2.05) is 30.3 Å². The van der Waals surface area contributed by atoms with Crippen LogP contribution in [0.25, 0.3) is 22.4 Å². The van der Waals surface area contributed by atoms with Gasteiger partial charge in [-0.15, -0.1) is 5.10 Å². The van der Waals surface area contributed by atoms with E-state index in [4.69, 9.17) is 9.47 Å². The van der Waals surface area contributed by atoms with E-state index in [2.05, 4.69) is 17.0 Å². The molecule has 2 aromatic heterocycles. The zero-order chi connectivity index (χ0) is 21.1. The van der Waals surface area contributed by atoms with Crippen LogP contribution < -0.4 is 19.6 Å². The first kappa shape index (κ1) is 19.8. The van der Waals surface area contributed by atoms with Crippen LogP contribution in [0.3, 0.4) is 0 Å². The van der Waals surface area contributed by atoms with Gasteiger partial charge in [-0.25, -0.2) is 0 Å². The van der Waals surface area contributed by atoms with Gasteiger partial charge in [0.1, 0.15) is 11.5 Å². The van der Waals surface area contributed by atoms with Crippen LogP contribution in [0.5, 0.6) is 11.5 Å². The van der Waals surface area contributed by atoms with Crippen molar-refractivity contribution in [3.8, 4) is 22.9 Å². The summed E-state index contributed by atoms with van der Waals surface area (Å²) in [6.45, 7) is 4.06. The number of hydrogen-bond donors (Lipinski definition) is 0. The number of carbonyl (C=O) groups excluding carboxylic acids is 1. The minimum atomic E-state index is -0.395. The molecule has 8 heteroatoms. The zero-order valence-corrected chi connectivity index (χ0v) is 17.3. The van der Waals surface area contributed by atoms with E-state index in [0.29, 0.717) is 27.7 Å². The molecule has 7 nitrogen and oxygen atoms in total. The fraction of sp³-hybridized carbons (Fsp3) is 0.182. The molecule has 152 valence electrons. The maximum Gasteiger partial charge on any atom is 0.308 e. The molecule has 0 amide bonds. The van der Waals surface area contributed by atoms with E-state index < -0.39 is 5.97 Å². The van der Waals surface area contributed by atoms with Crippen molar-refractivity contribution in [2.75, 3.05) is 6.61 Å². The summed E-state index contributed by atoms with van der Waals surface area (Å²) in [6, 6.07) is 14.5. The second kappa shape index (κ2) is 8.46. The van der Waals surface area contributed by atoms with Gasteiger partial charge in [0.15, 0.2) is 5.82 Å². The number of aromatic nitrogens is 3. The summed E-state index contributed by atoms with van der Waals surface area (Å²) in [7, 11) is 0. The molecule has 0 aliphatic carbocycles. The minimum Gasteiger partial charge on any atom is -0.494 e. The lowest BCUT2D eigenvalue weighted by Crippen LogP contribution is -2.23. The summed E-state index contributed by atoms with van der Waals surface area (Å²) in [5, 5.41) is 4.37. The van der Waals surface area contributed by atoms with Crippen LogP contribution >= 0.6 is 11.3 Å². The monoisotopic (exact) mass is 421 g/mol. The van der Waals surface area contributed by atoms with Gasteiger partial charge in [0.25, 0.3) is 5.56 Å². The number of rotatable bonds is 6. The summed E-state index contributed by atoms with van der Waals surface area (Å²) in [4.78, 5) is 28.9. The highest BCUT2D eigenvalue weighted by atomic mass is 32.1. The van der Waals surface area contributed by atoms with Gasteiger partial charge in [-0.1, -0.05) is 30.4 Å². The Morgan fingerprint density at radius 1 is 1.17 bits per heavy atom. The van der Waals surface area contributed by atoms with Crippen LogP contribution in [0, 0.1) is 0 Å². The Morgan fingerprint density at radius 3 is 2.67 bits per heavy atom. The lowest BCUT2D eigenvalue weighted by molar-refractivity contribution is -0.131. The highest BCUT2D eigenvalue weighted by Crippen LogP contribution is 2.20. The lowest BCUT2D eigenvalue weighted by Gasteiger charge is -2.04. The highest BCUT2D eigenvalue weighted by molar-refractivity contribution is 7.15. The van der Waals surface area contributed by atoms with Gasteiger partial charge >= 0.3 is 5.97 Å². The normalized spacial score (nSPS) is 11.7. The fourth-order valence-electron chi connectivity index (χ4n) is 2.86. The van der Waals surface area contributed by atoms with Crippen molar-refractivity contribution in [1.29, 1.82) is 0 Å². The number of fused-ring (bicyclic) bond motifs is 1. The van der Waals surface area contributed by atoms with Crippen LogP contribution in [0.4, 0.5) is 0 Å². The molecule has 2 aromatic carbocycles. The third kappa shape index (κ3) is 4.23. The van der Waals surface area contributed by atoms with E-state index >= 15 is 0 Å². The number of carbonyl (C=O) groups is 1. The Hall–Kier alpha value is -3.52. The smallest absolute Gasteiger partial charge is 0.308 e. The molecule has 0 N–H and O–H groups in total. The average Bonchev–Trinajstić information content (AvgIpc) is 3.26. The summed E-state index contributed by atoms with van der Waals surface area (Å²) in [5.74, 6) is 1.31. The number of nitrogens with zero attached hydrogens (tertiary/aromatic N) is 3. The van der Waals surface area contributed by atoms with E-state index in [9.17, 15) is 9.59 Å². The Labute approximate surface area is 176 Å². The van der Waals surface area contributed by atoms with Gasteiger partial charge in [-0.05, 0) is 54.5 Å². The molecule has 0 aliphatic heterocycles. The summed E-state index contributed by atoms with van der Waals surface area (Å²) < 4.78 is 12.5. The average molecular weight is 421 g/mol. The first-order chi connectivity index (χ1) is 14.5. The molecule has 30 heavy (non-hydrogen) atoms. The van der Waals surface area contributed by atoms with Crippen molar-refractivity contribution in [3.63, 3.8) is 0 Å². The molecule has 0 radical (unpaired) electrons. The Balaban J connectivity index is 1.63. The van der Waals surface area contributed by atoms with Gasteiger partial charge in [0, 0.05) is 12.5 Å². The Morgan fingerprint density at radius 2 is 1.97 bits per heavy atom. The largest absolute Gasteiger partial charge is 0.494 e. The summed E-state index contributed by atoms with van der Waals surface area (Å²) in [5.41, 5.74) is 1.32. The number of ether oxygens (including phenoxy) is 2. The molecule has 0 spiro atoms. The second-order valence-electron chi connectivity index (χ2n) is 6.58. The van der Waals surface area contributed by atoms with Gasteiger partial charge in [0.2, 0.25) is 4.96 Å². The van der Waals surface area contributed by atoms with Crippen molar-refractivity contribution in [2.45, 2.75) is 20.3 Å². The van der Waals surface area contributed by atoms with E-state index in [1.165, 1.54) is 22.8 Å². The van der Waals surface area contributed by atoms with Gasteiger partial charge < -0.3 is 9.47 Å². The number of hydrogen-bond acceptors (Lipinski definition) is 7. The van der Waals surface area contributed by atoms with Crippen molar-refractivity contribution >= 4 is 28.3 Å². The van der Waals surface area contributed by atoms with Crippen LogP contribution in [0.15, 0.2) is 53.3 Å². The maximum absolute atomic E-state index is 12.7. The molecule has 0 atom stereocenters. The quantitative estimate of drug-likeness (QED) is 0.351. The molecule has 0 aliphatic rings. The highest BCUT2D eigenvalue weighted by Gasteiger charge is 2.12. The molecule has 0 bridgehead atoms. The molecule has 0 saturated heterocycles. The Bertz CT molecular complexity index is 1310. The van der Waals surface area contributed by atoms with Crippen LogP contribution in [-0.4, -0.2) is 27.2 Å². The number of esters is 1. The molecular formula is C22H19N3O4S. The topological polar surface area (TPSA) is 82.8 Å². The molecule has 0 saturated carbocycles. The van der Waals surface area contributed by atoms with Crippen LogP contribution in [0.2, 0.25) is 0 Å². The molecular weight excluding hydrogens is 402 g/mol. The van der Waals surface area contributed by atoms with Gasteiger partial charge in [-0.3, -0.25) is 9.59 Å². The zero-order valence-electron chi connectivity index (χ0n) is 16.5. The molecule has 4 rings (SSSR count). The van der Waals surface area contributed by atoms with Crippen LogP contribution in [-0.2, 0) is 4.79 Å². The summed E-state index contributed by atoms with van der Waals surface area (Å²) in [6.07, 6.45) is 2.68. The SMILES string of the molecule is CCCOc1ccc(-c2nc3s/c(=C/c4cccc(OC(C)=O)c4)c(=O)n3n2)cc1. The predicted octanol–water partition coefficient (Wildman–Crippen LogP) is 3.08. The van der Waals surface area contributed by atoms with Gasteiger partial charge in [-0.2, -0.15) is 9.50 Å². The van der Waals surface area contributed by atoms with E-state index in [0.717, 1.165) is 23.3 Å². The predicted molar refractivity (Wildman–Crippen MR) is 115 cm³/mol. The number of benzene rings is 2. The van der Waals surface area contributed by atoms with Crippen molar-refractivity contribution in [3.05, 3.63) is 69.0 Å². The maximum atomic E-state index is 12.7. The second-order valence-corrected chi connectivity index (χ2v) is 7.59. The minimum absolute atomic E-state index is 0.241. The third-order valence-corrected chi connectivity index (χ3v) is 5.14. The first-order valence-corrected chi connectivity index (χ1v) is 10.3. The first-order valence-electron chi connectivity index (χ1n) is 9.46. The molecule has 2 heterocycles. The van der Waals surface area contributed by atoms with Gasteiger partial charge in [0.05, 0.1) is 11.1 Å². The summed E-state index contributed by atoms with van der Waals surface area (Å²) >= 11 is 1.26. The van der Waals surface area contributed by atoms with Crippen LogP contribution in [0.1, 0.15) is 25.8 Å². The van der Waals surface area contributed by atoms with E-state index in [-0.39, 0.29) is 5.56 Å². The van der Waals surface area contributed by atoms with E-state index in [1.54, 1.807) is 24.3 Å². The molecule has 0 fully saturated rings. The third-order valence-electron chi connectivity index (χ3n) is 4.18.